The Kier molecular flexibility index (Phi) is 5.59. The molecule has 0 atom stereocenters. The van der Waals surface area contributed by atoms with E-state index in [-0.39, 0.29) is 11.8 Å². The Morgan fingerprint density at radius 1 is 1.44 bits per heavy atom. The van der Waals surface area contributed by atoms with Crippen LogP contribution in [-0.2, 0) is 0 Å². The predicted octanol–water partition coefficient (Wildman–Crippen LogP) is 2.63. The molecule has 0 aromatic heterocycles. The van der Waals surface area contributed by atoms with Crippen molar-refractivity contribution in [3.8, 4) is 18.1 Å². The molecule has 0 aliphatic carbocycles. The molecule has 0 saturated heterocycles. The Balaban J connectivity index is 2.31. The summed E-state index contributed by atoms with van der Waals surface area (Å²) in [6, 6.07) is 4.67. The Hall–Kier alpha value is -2.15. The zero-order chi connectivity index (χ0) is 13.4. The highest BCUT2D eigenvalue weighted by Gasteiger charge is 2.02. The fourth-order valence-electron chi connectivity index (χ4n) is 1.46. The van der Waals surface area contributed by atoms with Crippen LogP contribution in [0, 0.1) is 19.3 Å². The molecule has 3 N–H and O–H groups in total. The molecule has 1 rings (SSSR count). The monoisotopic (exact) mass is 246 g/mol. The first-order chi connectivity index (χ1) is 8.63. The summed E-state index contributed by atoms with van der Waals surface area (Å²) in [6.45, 7) is 2.38. The van der Waals surface area contributed by atoms with E-state index in [4.69, 9.17) is 6.42 Å². The summed E-state index contributed by atoms with van der Waals surface area (Å²) in [5.41, 5.74) is 1.38. The largest absolute Gasteiger partial charge is 0.508 e. The molecule has 0 aliphatic rings. The van der Waals surface area contributed by atoms with Gasteiger partial charge in [-0.3, -0.25) is 0 Å². The SMILES string of the molecule is C#CCCCCNC(=O)Nc1ccc(O)c(C)c1. The smallest absolute Gasteiger partial charge is 0.319 e. The molecule has 0 unspecified atom stereocenters. The number of aryl methyl sites for hydroxylation is 1. The lowest BCUT2D eigenvalue weighted by atomic mass is 10.2. The highest BCUT2D eigenvalue weighted by atomic mass is 16.3. The molecule has 0 spiro atoms. The molecule has 2 amide bonds. The number of carbonyl (C=O) groups excluding carboxylic acids is 1. The number of anilines is 1. The maximum Gasteiger partial charge on any atom is 0.319 e. The molecule has 0 aliphatic heterocycles. The van der Waals surface area contributed by atoms with Crippen molar-refractivity contribution in [1.29, 1.82) is 0 Å². The predicted molar refractivity (Wildman–Crippen MR) is 72.5 cm³/mol. The van der Waals surface area contributed by atoms with Gasteiger partial charge in [0.1, 0.15) is 5.75 Å². The number of rotatable bonds is 5. The lowest BCUT2D eigenvalue weighted by Gasteiger charge is -2.08. The van der Waals surface area contributed by atoms with Crippen LogP contribution < -0.4 is 10.6 Å². The number of carbonyl (C=O) groups is 1. The van der Waals surface area contributed by atoms with Crippen molar-refractivity contribution in [2.75, 3.05) is 11.9 Å². The van der Waals surface area contributed by atoms with Crippen LogP contribution in [0.4, 0.5) is 10.5 Å². The van der Waals surface area contributed by atoms with Crippen molar-refractivity contribution in [2.45, 2.75) is 26.2 Å². The van der Waals surface area contributed by atoms with E-state index >= 15 is 0 Å². The summed E-state index contributed by atoms with van der Waals surface area (Å²) in [4.78, 5) is 11.5. The Labute approximate surface area is 107 Å². The summed E-state index contributed by atoms with van der Waals surface area (Å²) in [7, 11) is 0. The normalized spacial score (nSPS) is 9.56. The maximum atomic E-state index is 11.5. The second kappa shape index (κ2) is 7.23. The Morgan fingerprint density at radius 2 is 2.22 bits per heavy atom. The number of nitrogens with one attached hydrogen (secondary N) is 2. The van der Waals surface area contributed by atoms with Crippen LogP contribution in [0.15, 0.2) is 18.2 Å². The van der Waals surface area contributed by atoms with E-state index < -0.39 is 0 Å². The van der Waals surface area contributed by atoms with Gasteiger partial charge < -0.3 is 15.7 Å². The molecular formula is C14H18N2O2. The van der Waals surface area contributed by atoms with Gasteiger partial charge in [-0.25, -0.2) is 4.79 Å². The second-order valence-electron chi connectivity index (χ2n) is 4.04. The van der Waals surface area contributed by atoms with Gasteiger partial charge in [-0.05, 0) is 43.5 Å². The third kappa shape index (κ3) is 4.79. The van der Waals surface area contributed by atoms with Gasteiger partial charge in [-0.15, -0.1) is 12.3 Å². The van der Waals surface area contributed by atoms with Gasteiger partial charge in [-0.1, -0.05) is 0 Å². The van der Waals surface area contributed by atoms with Crippen molar-refractivity contribution < 1.29 is 9.90 Å². The number of unbranched alkanes of at least 4 members (excludes halogenated alkanes) is 2. The van der Waals surface area contributed by atoms with Crippen LogP contribution in [0.5, 0.6) is 5.75 Å². The number of benzene rings is 1. The van der Waals surface area contributed by atoms with Gasteiger partial charge >= 0.3 is 6.03 Å². The Morgan fingerprint density at radius 3 is 2.89 bits per heavy atom. The highest BCUT2D eigenvalue weighted by molar-refractivity contribution is 5.89. The second-order valence-corrected chi connectivity index (χ2v) is 4.04. The van der Waals surface area contributed by atoms with E-state index in [2.05, 4.69) is 16.6 Å². The van der Waals surface area contributed by atoms with Gasteiger partial charge in [0.05, 0.1) is 0 Å². The molecule has 1 aromatic carbocycles. The fourth-order valence-corrected chi connectivity index (χ4v) is 1.46. The average molecular weight is 246 g/mol. The van der Waals surface area contributed by atoms with E-state index in [9.17, 15) is 9.90 Å². The summed E-state index contributed by atoms with van der Waals surface area (Å²) in [5, 5.41) is 14.8. The average Bonchev–Trinajstić information content (AvgIpc) is 2.34. The Bertz CT molecular complexity index is 450. The quantitative estimate of drug-likeness (QED) is 0.425. The van der Waals surface area contributed by atoms with Crippen LogP contribution in [-0.4, -0.2) is 17.7 Å². The van der Waals surface area contributed by atoms with E-state index in [0.29, 0.717) is 12.2 Å². The molecule has 1 aromatic rings. The van der Waals surface area contributed by atoms with Crippen LogP contribution in [0.25, 0.3) is 0 Å². The van der Waals surface area contributed by atoms with E-state index in [1.807, 2.05) is 0 Å². The van der Waals surface area contributed by atoms with Gasteiger partial charge in [0, 0.05) is 18.7 Å². The maximum absolute atomic E-state index is 11.5. The number of hydrogen-bond donors (Lipinski definition) is 3. The van der Waals surface area contributed by atoms with Crippen LogP contribution in [0.2, 0.25) is 0 Å². The number of terminal acetylenes is 1. The van der Waals surface area contributed by atoms with E-state index in [0.717, 1.165) is 24.8 Å². The molecule has 0 radical (unpaired) electrons. The van der Waals surface area contributed by atoms with Gasteiger partial charge in [0.15, 0.2) is 0 Å². The van der Waals surface area contributed by atoms with Gasteiger partial charge in [0.2, 0.25) is 0 Å². The number of urea groups is 1. The molecule has 4 nitrogen and oxygen atoms in total. The minimum absolute atomic E-state index is 0.218. The number of hydrogen-bond acceptors (Lipinski definition) is 2. The van der Waals surface area contributed by atoms with Crippen molar-refractivity contribution in [3.05, 3.63) is 23.8 Å². The zero-order valence-corrected chi connectivity index (χ0v) is 10.5. The van der Waals surface area contributed by atoms with Crippen LogP contribution in [0.3, 0.4) is 0 Å². The molecule has 4 heteroatoms. The molecule has 0 fully saturated rings. The van der Waals surface area contributed by atoms with Crippen molar-refractivity contribution in [2.24, 2.45) is 0 Å². The highest BCUT2D eigenvalue weighted by Crippen LogP contribution is 2.19. The number of aromatic hydroxyl groups is 1. The minimum atomic E-state index is -0.249. The summed E-state index contributed by atoms with van der Waals surface area (Å²) in [6.07, 6.45) is 7.64. The third-order valence-electron chi connectivity index (χ3n) is 2.49. The van der Waals surface area contributed by atoms with Gasteiger partial charge in [0.25, 0.3) is 0 Å². The number of phenols is 1. The first kappa shape index (κ1) is 13.9. The lowest BCUT2D eigenvalue weighted by molar-refractivity contribution is 0.252. The lowest BCUT2D eigenvalue weighted by Crippen LogP contribution is -2.29. The standard InChI is InChI=1S/C14H18N2O2/c1-3-4-5-6-9-15-14(18)16-12-7-8-13(17)11(2)10-12/h1,7-8,10,17H,4-6,9H2,2H3,(H2,15,16,18). The molecular weight excluding hydrogens is 228 g/mol. The first-order valence-corrected chi connectivity index (χ1v) is 5.91. The number of phenolic OH excluding ortho intramolecular Hbond substituents is 1. The van der Waals surface area contributed by atoms with Gasteiger partial charge in [-0.2, -0.15) is 0 Å². The summed E-state index contributed by atoms with van der Waals surface area (Å²) >= 11 is 0. The zero-order valence-electron chi connectivity index (χ0n) is 10.5. The topological polar surface area (TPSA) is 61.4 Å². The van der Waals surface area contributed by atoms with Crippen molar-refractivity contribution in [1.82, 2.24) is 5.32 Å². The molecule has 0 bridgehead atoms. The summed E-state index contributed by atoms with van der Waals surface area (Å²) in [5.74, 6) is 2.77. The van der Waals surface area contributed by atoms with Crippen molar-refractivity contribution in [3.63, 3.8) is 0 Å². The minimum Gasteiger partial charge on any atom is -0.508 e. The number of amides is 2. The van der Waals surface area contributed by atoms with E-state index in [1.165, 1.54) is 0 Å². The molecule has 0 heterocycles. The molecule has 96 valence electrons. The van der Waals surface area contributed by atoms with Crippen LogP contribution >= 0.6 is 0 Å². The molecule has 0 saturated carbocycles. The third-order valence-corrected chi connectivity index (χ3v) is 2.49. The summed E-state index contributed by atoms with van der Waals surface area (Å²) < 4.78 is 0. The fraction of sp³-hybridized carbons (Fsp3) is 0.357. The van der Waals surface area contributed by atoms with Crippen molar-refractivity contribution >= 4 is 11.7 Å². The van der Waals surface area contributed by atoms with Crippen LogP contribution in [0.1, 0.15) is 24.8 Å². The first-order valence-electron chi connectivity index (χ1n) is 5.91. The molecule has 18 heavy (non-hydrogen) atoms. The van der Waals surface area contributed by atoms with E-state index in [1.54, 1.807) is 25.1 Å².